The number of rotatable bonds is 6. The zero-order chi connectivity index (χ0) is 13.8. The lowest BCUT2D eigenvalue weighted by atomic mass is 9.78. The maximum atomic E-state index is 10.9. The van der Waals surface area contributed by atoms with Gasteiger partial charge in [0.2, 0.25) is 0 Å². The lowest BCUT2D eigenvalue weighted by molar-refractivity contribution is -0.139. The summed E-state index contributed by atoms with van der Waals surface area (Å²) in [7, 11) is 3.47. The van der Waals surface area contributed by atoms with Gasteiger partial charge in [-0.2, -0.15) is 0 Å². The van der Waals surface area contributed by atoms with Crippen LogP contribution in [-0.2, 0) is 4.79 Å². The number of methoxy groups -OCH3 is 1. The van der Waals surface area contributed by atoms with Gasteiger partial charge in [-0.15, -0.1) is 0 Å². The molecule has 1 rings (SSSR count). The second kappa shape index (κ2) is 5.87. The quantitative estimate of drug-likeness (QED) is 0.815. The molecule has 0 aliphatic rings. The van der Waals surface area contributed by atoms with Crippen LogP contribution in [0.1, 0.15) is 31.9 Å². The third kappa shape index (κ3) is 3.47. The summed E-state index contributed by atoms with van der Waals surface area (Å²) in [5, 5.41) is 12.2. The average Bonchev–Trinajstić information content (AvgIpc) is 2.28. The molecule has 0 radical (unpaired) electrons. The van der Waals surface area contributed by atoms with E-state index in [9.17, 15) is 4.79 Å². The van der Waals surface area contributed by atoms with E-state index >= 15 is 0 Å². The van der Waals surface area contributed by atoms with Crippen molar-refractivity contribution in [2.45, 2.75) is 26.3 Å². The molecule has 0 aliphatic carbocycles. The maximum absolute atomic E-state index is 10.9. The SMILES string of the molecule is CNC(c1ccc(OC)cc1)C(C)(C)CC(=O)O. The van der Waals surface area contributed by atoms with Crippen molar-refractivity contribution in [2.75, 3.05) is 14.2 Å². The van der Waals surface area contributed by atoms with Crippen LogP contribution in [0, 0.1) is 5.41 Å². The van der Waals surface area contributed by atoms with Crippen LogP contribution in [0.5, 0.6) is 5.75 Å². The van der Waals surface area contributed by atoms with Gasteiger partial charge in [0.1, 0.15) is 5.75 Å². The van der Waals surface area contributed by atoms with Crippen LogP contribution in [-0.4, -0.2) is 25.2 Å². The van der Waals surface area contributed by atoms with Crippen LogP contribution in [0.15, 0.2) is 24.3 Å². The summed E-state index contributed by atoms with van der Waals surface area (Å²) in [5.41, 5.74) is 0.694. The molecule has 1 aromatic carbocycles. The predicted molar refractivity (Wildman–Crippen MR) is 70.8 cm³/mol. The first kappa shape index (κ1) is 14.5. The molecule has 1 atom stereocenters. The second-order valence-electron chi connectivity index (χ2n) is 5.05. The maximum Gasteiger partial charge on any atom is 0.303 e. The normalized spacial score (nSPS) is 13.1. The van der Waals surface area contributed by atoms with Gasteiger partial charge in [0.15, 0.2) is 0 Å². The Kier molecular flexibility index (Phi) is 4.73. The molecule has 0 fully saturated rings. The fraction of sp³-hybridized carbons (Fsp3) is 0.500. The Hall–Kier alpha value is -1.55. The second-order valence-corrected chi connectivity index (χ2v) is 5.05. The Morgan fingerprint density at radius 1 is 1.39 bits per heavy atom. The van der Waals surface area contributed by atoms with Gasteiger partial charge in [0.25, 0.3) is 0 Å². The lowest BCUT2D eigenvalue weighted by Gasteiger charge is -2.33. The van der Waals surface area contributed by atoms with Crippen LogP contribution < -0.4 is 10.1 Å². The number of benzene rings is 1. The van der Waals surface area contributed by atoms with Gasteiger partial charge in [0, 0.05) is 6.04 Å². The van der Waals surface area contributed by atoms with Gasteiger partial charge >= 0.3 is 5.97 Å². The van der Waals surface area contributed by atoms with Gasteiger partial charge in [-0.05, 0) is 30.2 Å². The molecule has 0 aliphatic heterocycles. The summed E-state index contributed by atoms with van der Waals surface area (Å²) < 4.78 is 5.12. The molecule has 4 nitrogen and oxygen atoms in total. The molecular weight excluding hydrogens is 230 g/mol. The molecule has 0 saturated heterocycles. The molecule has 0 aromatic heterocycles. The molecule has 0 heterocycles. The molecule has 100 valence electrons. The van der Waals surface area contributed by atoms with E-state index in [2.05, 4.69) is 5.32 Å². The van der Waals surface area contributed by atoms with Crippen LogP contribution in [0.4, 0.5) is 0 Å². The highest BCUT2D eigenvalue weighted by Gasteiger charge is 2.31. The molecule has 0 saturated carbocycles. The van der Waals surface area contributed by atoms with Gasteiger partial charge in [0.05, 0.1) is 13.5 Å². The van der Waals surface area contributed by atoms with E-state index in [0.717, 1.165) is 11.3 Å². The fourth-order valence-electron chi connectivity index (χ4n) is 2.30. The highest BCUT2D eigenvalue weighted by atomic mass is 16.5. The van der Waals surface area contributed by atoms with Crippen LogP contribution >= 0.6 is 0 Å². The van der Waals surface area contributed by atoms with Crippen molar-refractivity contribution >= 4 is 5.97 Å². The predicted octanol–water partition coefficient (Wildman–Crippen LogP) is 2.46. The number of carboxylic acids is 1. The Balaban J connectivity index is 2.97. The highest BCUT2D eigenvalue weighted by molar-refractivity contribution is 5.67. The van der Waals surface area contributed by atoms with E-state index < -0.39 is 5.97 Å². The summed E-state index contributed by atoms with van der Waals surface area (Å²) in [5.74, 6) is 0.0124. The molecule has 2 N–H and O–H groups in total. The summed E-state index contributed by atoms with van der Waals surface area (Å²) in [6, 6.07) is 7.68. The lowest BCUT2D eigenvalue weighted by Crippen LogP contribution is -2.33. The minimum Gasteiger partial charge on any atom is -0.497 e. The molecule has 4 heteroatoms. The number of ether oxygens (including phenoxy) is 1. The van der Waals surface area contributed by atoms with Crippen molar-refractivity contribution < 1.29 is 14.6 Å². The number of carbonyl (C=O) groups is 1. The smallest absolute Gasteiger partial charge is 0.303 e. The summed E-state index contributed by atoms with van der Waals surface area (Å²) >= 11 is 0. The molecule has 18 heavy (non-hydrogen) atoms. The summed E-state index contributed by atoms with van der Waals surface area (Å²) in [6.07, 6.45) is 0.116. The minimum absolute atomic E-state index is 0.0143. The van der Waals surface area contributed by atoms with Crippen LogP contribution in [0.2, 0.25) is 0 Å². The number of aliphatic carboxylic acids is 1. The molecule has 1 unspecified atom stereocenters. The third-order valence-electron chi connectivity index (χ3n) is 3.13. The Morgan fingerprint density at radius 3 is 2.33 bits per heavy atom. The number of nitrogens with one attached hydrogen (secondary N) is 1. The Bertz CT molecular complexity index is 398. The van der Waals surface area contributed by atoms with Gasteiger partial charge in [-0.25, -0.2) is 0 Å². The van der Waals surface area contributed by atoms with Gasteiger partial charge in [-0.3, -0.25) is 4.79 Å². The summed E-state index contributed by atoms with van der Waals surface area (Å²) in [4.78, 5) is 10.9. The number of hydrogen-bond acceptors (Lipinski definition) is 3. The Morgan fingerprint density at radius 2 is 1.94 bits per heavy atom. The fourth-order valence-corrected chi connectivity index (χ4v) is 2.30. The molecule has 0 spiro atoms. The van der Waals surface area contributed by atoms with E-state index in [0.29, 0.717) is 0 Å². The van der Waals surface area contributed by atoms with Crippen LogP contribution in [0.3, 0.4) is 0 Å². The van der Waals surface area contributed by atoms with Crippen molar-refractivity contribution in [1.29, 1.82) is 0 Å². The number of carboxylic acid groups (broad SMARTS) is 1. The topological polar surface area (TPSA) is 58.6 Å². The van der Waals surface area contributed by atoms with E-state index in [1.54, 1.807) is 7.11 Å². The average molecular weight is 251 g/mol. The van der Waals surface area contributed by atoms with E-state index in [1.165, 1.54) is 0 Å². The van der Waals surface area contributed by atoms with Crippen molar-refractivity contribution in [3.63, 3.8) is 0 Å². The van der Waals surface area contributed by atoms with Crippen molar-refractivity contribution in [2.24, 2.45) is 5.41 Å². The molecular formula is C14H21NO3. The number of hydrogen-bond donors (Lipinski definition) is 2. The van der Waals surface area contributed by atoms with Gasteiger partial charge < -0.3 is 15.2 Å². The molecule has 1 aromatic rings. The zero-order valence-corrected chi connectivity index (χ0v) is 11.4. The standard InChI is InChI=1S/C14H21NO3/c1-14(2,9-12(16)17)13(15-3)10-5-7-11(18-4)8-6-10/h5-8,13,15H,9H2,1-4H3,(H,16,17). The highest BCUT2D eigenvalue weighted by Crippen LogP contribution is 2.36. The largest absolute Gasteiger partial charge is 0.497 e. The Labute approximate surface area is 108 Å². The molecule has 0 amide bonds. The van der Waals surface area contributed by atoms with E-state index in [4.69, 9.17) is 9.84 Å². The monoisotopic (exact) mass is 251 g/mol. The van der Waals surface area contributed by atoms with Gasteiger partial charge in [-0.1, -0.05) is 26.0 Å². The van der Waals surface area contributed by atoms with Crippen molar-refractivity contribution in [3.8, 4) is 5.75 Å². The van der Waals surface area contributed by atoms with E-state index in [-0.39, 0.29) is 17.9 Å². The summed E-state index contributed by atoms with van der Waals surface area (Å²) in [6.45, 7) is 3.90. The molecule has 0 bridgehead atoms. The van der Waals surface area contributed by atoms with E-state index in [1.807, 2.05) is 45.2 Å². The van der Waals surface area contributed by atoms with Crippen molar-refractivity contribution in [3.05, 3.63) is 29.8 Å². The first-order chi connectivity index (χ1) is 8.40. The first-order valence-electron chi connectivity index (χ1n) is 5.93. The zero-order valence-electron chi connectivity index (χ0n) is 11.4. The first-order valence-corrected chi connectivity index (χ1v) is 5.93. The van der Waals surface area contributed by atoms with Crippen LogP contribution in [0.25, 0.3) is 0 Å². The van der Waals surface area contributed by atoms with Crippen molar-refractivity contribution in [1.82, 2.24) is 5.32 Å². The minimum atomic E-state index is -0.784. The third-order valence-corrected chi connectivity index (χ3v) is 3.13.